The van der Waals surface area contributed by atoms with Gasteiger partial charge in [0.2, 0.25) is 5.89 Å². The van der Waals surface area contributed by atoms with Crippen molar-refractivity contribution in [1.82, 2.24) is 19.9 Å². The fourth-order valence-electron chi connectivity index (χ4n) is 3.39. The molecule has 1 aliphatic rings. The molecule has 0 saturated carbocycles. The third kappa shape index (κ3) is 4.83. The maximum atomic E-state index is 13.9. The summed E-state index contributed by atoms with van der Waals surface area (Å²) in [6.45, 7) is 4.77. The molecule has 1 aromatic carbocycles. The summed E-state index contributed by atoms with van der Waals surface area (Å²) >= 11 is 0. The molecule has 0 aliphatic carbocycles. The van der Waals surface area contributed by atoms with Crippen LogP contribution in [0.2, 0.25) is 0 Å². The first kappa shape index (κ1) is 17.9. The summed E-state index contributed by atoms with van der Waals surface area (Å²) in [6.07, 6.45) is 3.12. The molecule has 2 heterocycles. The molecule has 1 atom stereocenters. The first-order chi connectivity index (χ1) is 12.0. The van der Waals surface area contributed by atoms with E-state index in [0.717, 1.165) is 38.4 Å². The molecule has 1 fully saturated rings. The van der Waals surface area contributed by atoms with Crippen molar-refractivity contribution in [3.63, 3.8) is 0 Å². The van der Waals surface area contributed by atoms with Crippen LogP contribution in [0.5, 0.6) is 0 Å². The highest BCUT2D eigenvalue weighted by atomic mass is 19.1. The summed E-state index contributed by atoms with van der Waals surface area (Å²) in [5.74, 6) is 0.284. The molecular weight excluding hydrogens is 326 g/mol. The van der Waals surface area contributed by atoms with E-state index in [4.69, 9.17) is 4.52 Å². The smallest absolute Gasteiger partial charge is 0.223 e. The van der Waals surface area contributed by atoms with Crippen molar-refractivity contribution in [2.24, 2.45) is 0 Å². The number of hydrogen-bond donors (Lipinski definition) is 0. The van der Waals surface area contributed by atoms with E-state index in [1.807, 2.05) is 0 Å². The third-order valence-electron chi connectivity index (χ3n) is 4.78. The van der Waals surface area contributed by atoms with Crippen molar-refractivity contribution >= 4 is 0 Å². The van der Waals surface area contributed by atoms with Crippen LogP contribution < -0.4 is 0 Å². The number of rotatable bonds is 5. The predicted octanol–water partition coefficient (Wildman–Crippen LogP) is 3.14. The Morgan fingerprint density at radius 2 is 2.12 bits per heavy atom. The van der Waals surface area contributed by atoms with Crippen molar-refractivity contribution < 1.29 is 13.3 Å². The zero-order valence-electron chi connectivity index (χ0n) is 14.7. The molecular formula is C18H24F2N4O. The standard InChI is InChI=1S/C18H24F2N4O/c1-13-21-18(22-25-13)12-23(2)16-4-3-8-24(9-7-16)11-14-5-6-15(19)10-17(14)20/h5-6,10,16H,3-4,7-9,11-12H2,1-2H3. The molecule has 2 aromatic rings. The van der Waals surface area contributed by atoms with Gasteiger partial charge in [0.05, 0.1) is 6.54 Å². The van der Waals surface area contributed by atoms with E-state index in [9.17, 15) is 8.78 Å². The molecule has 0 amide bonds. The topological polar surface area (TPSA) is 45.4 Å². The quantitative estimate of drug-likeness (QED) is 0.829. The lowest BCUT2D eigenvalue weighted by Gasteiger charge is -2.26. The van der Waals surface area contributed by atoms with Gasteiger partial charge in [0.25, 0.3) is 0 Å². The first-order valence-corrected chi connectivity index (χ1v) is 8.67. The van der Waals surface area contributed by atoms with Gasteiger partial charge in [0.1, 0.15) is 11.6 Å². The molecule has 1 unspecified atom stereocenters. The molecule has 25 heavy (non-hydrogen) atoms. The molecule has 1 saturated heterocycles. The van der Waals surface area contributed by atoms with Gasteiger partial charge >= 0.3 is 0 Å². The zero-order valence-corrected chi connectivity index (χ0v) is 14.7. The summed E-state index contributed by atoms with van der Waals surface area (Å²) in [7, 11) is 2.08. The summed E-state index contributed by atoms with van der Waals surface area (Å²) < 4.78 is 31.9. The van der Waals surface area contributed by atoms with Crippen LogP contribution in [-0.4, -0.2) is 46.1 Å². The Labute approximate surface area is 146 Å². The van der Waals surface area contributed by atoms with Crippen LogP contribution in [0.3, 0.4) is 0 Å². The van der Waals surface area contributed by atoms with E-state index in [1.165, 1.54) is 12.1 Å². The second kappa shape index (κ2) is 8.01. The minimum atomic E-state index is -0.532. The van der Waals surface area contributed by atoms with Crippen LogP contribution in [0.25, 0.3) is 0 Å². The Kier molecular flexibility index (Phi) is 5.75. The van der Waals surface area contributed by atoms with E-state index >= 15 is 0 Å². The highest BCUT2D eigenvalue weighted by molar-refractivity contribution is 5.18. The summed E-state index contributed by atoms with van der Waals surface area (Å²) in [5.41, 5.74) is 0.551. The molecule has 5 nitrogen and oxygen atoms in total. The Balaban J connectivity index is 1.54. The van der Waals surface area contributed by atoms with Crippen molar-refractivity contribution in [3.8, 4) is 0 Å². The molecule has 136 valence electrons. The number of aromatic nitrogens is 2. The Morgan fingerprint density at radius 1 is 1.28 bits per heavy atom. The van der Waals surface area contributed by atoms with Gasteiger partial charge < -0.3 is 4.52 Å². The van der Waals surface area contributed by atoms with Crippen molar-refractivity contribution in [1.29, 1.82) is 0 Å². The Morgan fingerprint density at radius 3 is 2.84 bits per heavy atom. The Hall–Kier alpha value is -1.86. The number of aryl methyl sites for hydroxylation is 1. The average molecular weight is 350 g/mol. The lowest BCUT2D eigenvalue weighted by molar-refractivity contribution is 0.199. The maximum Gasteiger partial charge on any atom is 0.223 e. The van der Waals surface area contributed by atoms with Crippen LogP contribution in [0.15, 0.2) is 22.7 Å². The second-order valence-corrected chi connectivity index (χ2v) is 6.74. The molecule has 0 radical (unpaired) electrons. The highest BCUT2D eigenvalue weighted by Crippen LogP contribution is 2.20. The first-order valence-electron chi connectivity index (χ1n) is 8.67. The Bertz CT molecular complexity index is 706. The van der Waals surface area contributed by atoms with Crippen molar-refractivity contribution in [2.45, 2.75) is 45.3 Å². The molecule has 1 aromatic heterocycles. The number of halogens is 2. The van der Waals surface area contributed by atoms with E-state index < -0.39 is 11.6 Å². The monoisotopic (exact) mass is 350 g/mol. The minimum Gasteiger partial charge on any atom is -0.340 e. The van der Waals surface area contributed by atoms with Gasteiger partial charge in [-0.3, -0.25) is 9.80 Å². The normalized spacial score (nSPS) is 19.3. The fraction of sp³-hybridized carbons (Fsp3) is 0.556. The second-order valence-electron chi connectivity index (χ2n) is 6.74. The predicted molar refractivity (Wildman–Crippen MR) is 89.8 cm³/mol. The SMILES string of the molecule is Cc1nc(CN(C)C2CCCN(Cc3ccc(F)cc3F)CC2)no1. The molecule has 1 aliphatic heterocycles. The van der Waals surface area contributed by atoms with E-state index in [0.29, 0.717) is 36.4 Å². The lowest BCUT2D eigenvalue weighted by atomic mass is 10.1. The third-order valence-corrected chi connectivity index (χ3v) is 4.78. The van der Waals surface area contributed by atoms with Crippen LogP contribution in [0.1, 0.15) is 36.5 Å². The lowest BCUT2D eigenvalue weighted by Crippen LogP contribution is -2.33. The average Bonchev–Trinajstić information content (AvgIpc) is 2.83. The van der Waals surface area contributed by atoms with Gasteiger partial charge in [-0.1, -0.05) is 11.2 Å². The fourth-order valence-corrected chi connectivity index (χ4v) is 3.39. The molecule has 0 N–H and O–H groups in total. The van der Waals surface area contributed by atoms with Gasteiger partial charge in [0, 0.05) is 31.1 Å². The number of nitrogens with zero attached hydrogens (tertiary/aromatic N) is 4. The van der Waals surface area contributed by atoms with Crippen LogP contribution >= 0.6 is 0 Å². The van der Waals surface area contributed by atoms with Crippen molar-refractivity contribution in [2.75, 3.05) is 20.1 Å². The molecule has 0 bridgehead atoms. The largest absolute Gasteiger partial charge is 0.340 e. The van der Waals surface area contributed by atoms with Gasteiger partial charge in [-0.05, 0) is 45.5 Å². The number of likely N-dealkylation sites (tertiary alicyclic amines) is 1. The van der Waals surface area contributed by atoms with Gasteiger partial charge in [0.15, 0.2) is 5.82 Å². The van der Waals surface area contributed by atoms with E-state index in [-0.39, 0.29) is 0 Å². The van der Waals surface area contributed by atoms with E-state index in [2.05, 4.69) is 27.0 Å². The van der Waals surface area contributed by atoms with Crippen LogP contribution in [-0.2, 0) is 13.1 Å². The van der Waals surface area contributed by atoms with Gasteiger partial charge in [-0.2, -0.15) is 4.98 Å². The molecule has 7 heteroatoms. The minimum absolute atomic E-state index is 0.432. The highest BCUT2D eigenvalue weighted by Gasteiger charge is 2.22. The van der Waals surface area contributed by atoms with Gasteiger partial charge in [-0.25, -0.2) is 8.78 Å². The molecule has 3 rings (SSSR count). The number of benzene rings is 1. The zero-order chi connectivity index (χ0) is 17.8. The summed E-state index contributed by atoms with van der Waals surface area (Å²) in [4.78, 5) is 8.75. The van der Waals surface area contributed by atoms with Crippen molar-refractivity contribution in [3.05, 3.63) is 47.1 Å². The van der Waals surface area contributed by atoms with Gasteiger partial charge in [-0.15, -0.1) is 0 Å². The van der Waals surface area contributed by atoms with Crippen LogP contribution in [0, 0.1) is 18.6 Å². The maximum absolute atomic E-state index is 13.9. The molecule has 0 spiro atoms. The van der Waals surface area contributed by atoms with Crippen LogP contribution in [0.4, 0.5) is 8.78 Å². The summed E-state index contributed by atoms with van der Waals surface area (Å²) in [5, 5.41) is 3.95. The van der Waals surface area contributed by atoms with E-state index in [1.54, 1.807) is 6.92 Å². The summed E-state index contributed by atoms with van der Waals surface area (Å²) in [6, 6.07) is 4.25. The number of hydrogen-bond acceptors (Lipinski definition) is 5.